The smallest absolute Gasteiger partial charge is 0.328 e. The molecule has 4 atom stereocenters. The van der Waals surface area contributed by atoms with E-state index >= 15 is 0 Å². The fourth-order valence-electron chi connectivity index (χ4n) is 9.38. The Morgan fingerprint density at radius 2 is 0.967 bits per heavy atom. The highest BCUT2D eigenvalue weighted by Crippen LogP contribution is 2.27. The van der Waals surface area contributed by atoms with E-state index in [9.17, 15) is 19.5 Å². The van der Waals surface area contributed by atoms with Gasteiger partial charge in [-0.1, -0.05) is 182 Å². The van der Waals surface area contributed by atoms with Gasteiger partial charge >= 0.3 is 11.9 Å². The van der Waals surface area contributed by atoms with Crippen molar-refractivity contribution in [2.45, 2.75) is 271 Å². The van der Waals surface area contributed by atoms with E-state index in [-0.39, 0.29) is 36.3 Å². The number of aliphatic hydroxyl groups excluding tert-OH is 1. The number of esters is 2. The van der Waals surface area contributed by atoms with Crippen molar-refractivity contribution >= 4 is 17.8 Å². The quantitative estimate of drug-likeness (QED) is 0.0481. The molecular formula is C53H102N2O6. The number of hydrogen-bond acceptors (Lipinski definition) is 7. The fourth-order valence-corrected chi connectivity index (χ4v) is 9.38. The Hall–Kier alpha value is -1.67. The van der Waals surface area contributed by atoms with Crippen molar-refractivity contribution < 1.29 is 29.0 Å². The Morgan fingerprint density at radius 1 is 0.541 bits per heavy atom. The maximum atomic E-state index is 13.9. The molecule has 0 aromatic carbocycles. The highest BCUT2D eigenvalue weighted by atomic mass is 16.5. The first-order valence-electron chi connectivity index (χ1n) is 26.8. The normalized spacial score (nSPS) is 15.7. The van der Waals surface area contributed by atoms with Crippen molar-refractivity contribution in [2.24, 2.45) is 11.8 Å². The first kappa shape index (κ1) is 57.3. The van der Waals surface area contributed by atoms with E-state index < -0.39 is 6.04 Å². The fraction of sp³-hybridized carbons (Fsp3) is 0.943. The van der Waals surface area contributed by atoms with Gasteiger partial charge in [-0.2, -0.15) is 0 Å². The molecular weight excluding hydrogens is 761 g/mol. The molecule has 1 N–H and O–H groups in total. The van der Waals surface area contributed by atoms with Gasteiger partial charge in [-0.3, -0.25) is 9.59 Å². The summed E-state index contributed by atoms with van der Waals surface area (Å²) < 4.78 is 11.7. The summed E-state index contributed by atoms with van der Waals surface area (Å²) in [4.78, 5) is 44.7. The van der Waals surface area contributed by atoms with Crippen LogP contribution in [0.15, 0.2) is 0 Å². The minimum absolute atomic E-state index is 0.0332. The van der Waals surface area contributed by atoms with Crippen LogP contribution in [0, 0.1) is 11.8 Å². The van der Waals surface area contributed by atoms with Gasteiger partial charge in [-0.15, -0.1) is 0 Å². The van der Waals surface area contributed by atoms with E-state index in [1.165, 1.54) is 103 Å². The monoisotopic (exact) mass is 863 g/mol. The zero-order chi connectivity index (χ0) is 44.6. The molecule has 0 aromatic heterocycles. The van der Waals surface area contributed by atoms with Gasteiger partial charge in [0.15, 0.2) is 0 Å². The number of ether oxygens (including phenoxy) is 2. The molecule has 0 aliphatic carbocycles. The van der Waals surface area contributed by atoms with Crippen LogP contribution in [-0.2, 0) is 23.9 Å². The molecule has 0 saturated carbocycles. The van der Waals surface area contributed by atoms with Crippen LogP contribution in [0.1, 0.15) is 259 Å². The summed E-state index contributed by atoms with van der Waals surface area (Å²) in [6.07, 6.45) is 39.9. The molecule has 8 nitrogen and oxygen atoms in total. The van der Waals surface area contributed by atoms with E-state index in [0.717, 1.165) is 135 Å². The molecule has 0 aromatic rings. The van der Waals surface area contributed by atoms with Crippen LogP contribution < -0.4 is 0 Å². The number of aliphatic hydroxyl groups is 1. The van der Waals surface area contributed by atoms with Crippen LogP contribution in [0.3, 0.4) is 0 Å². The molecule has 61 heavy (non-hydrogen) atoms. The van der Waals surface area contributed by atoms with Gasteiger partial charge in [0.1, 0.15) is 6.04 Å². The molecule has 1 aliphatic rings. The maximum Gasteiger partial charge on any atom is 0.328 e. The largest absolute Gasteiger partial charge is 0.465 e. The summed E-state index contributed by atoms with van der Waals surface area (Å²) in [6, 6.07) is 0.0516. The number of carbonyl (C=O) groups excluding carboxylic acids is 3. The molecule has 8 heteroatoms. The zero-order valence-electron chi connectivity index (χ0n) is 41.2. The standard InChI is InChI=1S/C53H102N2O6/c1-6-10-14-18-20-26-36-47(35-24-16-12-8-3)51(57)55-43-34-41-50(55)53(59)61-46-33-23-29-40-49(54(5)42-30-31-44-56)39-28-22-32-45-60-52(58)48(37-25-17-13-9-4)38-27-21-19-15-11-7-2/h47-50,56H,6-46H2,1-5H3. The summed E-state index contributed by atoms with van der Waals surface area (Å²) >= 11 is 0. The third-order valence-electron chi connectivity index (χ3n) is 13.5. The van der Waals surface area contributed by atoms with Gasteiger partial charge in [0.05, 0.1) is 19.1 Å². The van der Waals surface area contributed by atoms with E-state index in [1.54, 1.807) is 0 Å². The second-order valence-electron chi connectivity index (χ2n) is 19.0. The number of likely N-dealkylation sites (tertiary alicyclic amines) is 1. The van der Waals surface area contributed by atoms with E-state index in [1.807, 2.05) is 4.90 Å². The van der Waals surface area contributed by atoms with Crippen LogP contribution in [0.2, 0.25) is 0 Å². The summed E-state index contributed by atoms with van der Waals surface area (Å²) in [6.45, 7) is 11.8. The summed E-state index contributed by atoms with van der Waals surface area (Å²) in [5.41, 5.74) is 0. The first-order chi connectivity index (χ1) is 29.8. The average molecular weight is 863 g/mol. The topological polar surface area (TPSA) is 96.4 Å². The van der Waals surface area contributed by atoms with Crippen LogP contribution in [0.5, 0.6) is 0 Å². The highest BCUT2D eigenvalue weighted by Gasteiger charge is 2.37. The molecule has 1 rings (SSSR count). The number of amides is 1. The Balaban J connectivity index is 2.53. The molecule has 1 heterocycles. The average Bonchev–Trinajstić information content (AvgIpc) is 3.76. The lowest BCUT2D eigenvalue weighted by molar-refractivity contribution is -0.155. The molecule has 4 unspecified atom stereocenters. The van der Waals surface area contributed by atoms with Crippen molar-refractivity contribution in [2.75, 3.05) is 40.0 Å². The van der Waals surface area contributed by atoms with E-state index in [4.69, 9.17) is 9.47 Å². The minimum Gasteiger partial charge on any atom is -0.465 e. The summed E-state index contributed by atoms with van der Waals surface area (Å²) in [7, 11) is 2.22. The van der Waals surface area contributed by atoms with Crippen molar-refractivity contribution in [3.63, 3.8) is 0 Å². The Bertz CT molecular complexity index is 1020. The SMILES string of the molecule is CCCCCCCCC(CCCCCC)C(=O)OCCCCCC(CCCCCOC(=O)C1CCCN1C(=O)C(CCCCCC)CCCCCCCC)N(C)CCCCO. The molecule has 360 valence electrons. The number of nitrogens with zero attached hydrogens (tertiary/aromatic N) is 2. The van der Waals surface area contributed by atoms with Gasteiger partial charge in [0.25, 0.3) is 0 Å². The van der Waals surface area contributed by atoms with Crippen molar-refractivity contribution in [3.05, 3.63) is 0 Å². The Morgan fingerprint density at radius 3 is 1.48 bits per heavy atom. The van der Waals surface area contributed by atoms with Gasteiger partial charge in [0.2, 0.25) is 5.91 Å². The molecule has 1 aliphatic heterocycles. The van der Waals surface area contributed by atoms with Crippen molar-refractivity contribution in [1.29, 1.82) is 0 Å². The van der Waals surface area contributed by atoms with Gasteiger partial charge in [-0.25, -0.2) is 4.79 Å². The Kier molecular flexibility index (Phi) is 38.6. The third kappa shape index (κ3) is 29.4. The lowest BCUT2D eigenvalue weighted by Crippen LogP contribution is -2.44. The van der Waals surface area contributed by atoms with E-state index in [0.29, 0.717) is 25.8 Å². The number of rotatable bonds is 44. The minimum atomic E-state index is -0.419. The molecule has 1 saturated heterocycles. The van der Waals surface area contributed by atoms with E-state index in [2.05, 4.69) is 39.6 Å². The van der Waals surface area contributed by atoms with Gasteiger partial charge in [-0.05, 0) is 90.6 Å². The van der Waals surface area contributed by atoms with Crippen LogP contribution >= 0.6 is 0 Å². The zero-order valence-corrected chi connectivity index (χ0v) is 41.2. The van der Waals surface area contributed by atoms with Gasteiger partial charge < -0.3 is 24.4 Å². The van der Waals surface area contributed by atoms with Crippen LogP contribution in [-0.4, -0.2) is 84.8 Å². The predicted molar refractivity (Wildman–Crippen MR) is 257 cm³/mol. The first-order valence-corrected chi connectivity index (χ1v) is 26.8. The molecule has 0 radical (unpaired) electrons. The number of hydrogen-bond donors (Lipinski definition) is 1. The number of carbonyl (C=O) groups is 3. The lowest BCUT2D eigenvalue weighted by Gasteiger charge is -2.28. The second-order valence-corrected chi connectivity index (χ2v) is 19.0. The third-order valence-corrected chi connectivity index (χ3v) is 13.5. The lowest BCUT2D eigenvalue weighted by atomic mass is 9.92. The Labute approximate surface area is 378 Å². The number of unbranched alkanes of at least 4 members (excludes halogenated alkanes) is 21. The van der Waals surface area contributed by atoms with Crippen LogP contribution in [0.25, 0.3) is 0 Å². The molecule has 1 fully saturated rings. The molecule has 0 spiro atoms. The predicted octanol–water partition coefficient (Wildman–Crippen LogP) is 13.9. The summed E-state index contributed by atoms with van der Waals surface area (Å²) in [5.74, 6) is 0.119. The maximum absolute atomic E-state index is 13.9. The molecule has 1 amide bonds. The highest BCUT2D eigenvalue weighted by molar-refractivity contribution is 5.86. The van der Waals surface area contributed by atoms with Crippen LogP contribution in [0.4, 0.5) is 0 Å². The second kappa shape index (κ2) is 41.1. The van der Waals surface area contributed by atoms with Gasteiger partial charge in [0, 0.05) is 25.1 Å². The summed E-state index contributed by atoms with van der Waals surface area (Å²) in [5, 5.41) is 9.36. The molecule has 0 bridgehead atoms. The van der Waals surface area contributed by atoms with Crippen molar-refractivity contribution in [3.8, 4) is 0 Å². The van der Waals surface area contributed by atoms with Crippen molar-refractivity contribution in [1.82, 2.24) is 9.80 Å².